The molecule has 12 heteroatoms. The van der Waals surface area contributed by atoms with Crippen molar-refractivity contribution in [1.82, 2.24) is 25.3 Å². The Morgan fingerprint density at radius 2 is 1.95 bits per heavy atom. The highest BCUT2D eigenvalue weighted by Crippen LogP contribution is 2.33. The summed E-state index contributed by atoms with van der Waals surface area (Å²) in [7, 11) is 3.17. The summed E-state index contributed by atoms with van der Waals surface area (Å²) < 4.78 is 23.4. The highest BCUT2D eigenvalue weighted by Gasteiger charge is 2.36. The normalized spacial score (nSPS) is 20.1. The predicted molar refractivity (Wildman–Crippen MR) is 160 cm³/mol. The number of carbonyl (C=O) groups excluding carboxylic acids is 2. The van der Waals surface area contributed by atoms with E-state index in [4.69, 9.17) is 30.5 Å². The van der Waals surface area contributed by atoms with Crippen LogP contribution < -0.4 is 14.8 Å². The minimum atomic E-state index is -0.300. The molecule has 2 aliphatic rings. The zero-order valence-electron chi connectivity index (χ0n) is 24.7. The molecule has 4 bridgehead atoms. The maximum atomic E-state index is 13.3. The van der Waals surface area contributed by atoms with Crippen LogP contribution in [0.3, 0.4) is 0 Å². The van der Waals surface area contributed by atoms with Crippen LogP contribution in [0.15, 0.2) is 42.5 Å². The van der Waals surface area contributed by atoms with Gasteiger partial charge in [0.15, 0.2) is 11.5 Å². The average Bonchev–Trinajstić information content (AvgIpc) is 3.53. The van der Waals surface area contributed by atoms with Gasteiger partial charge in [-0.05, 0) is 48.7 Å². The highest BCUT2D eigenvalue weighted by atomic mass is 35.5. The number of nitrogens with one attached hydrogen (secondary N) is 2. The molecule has 2 N–H and O–H groups in total. The number of hydrogen-bond donors (Lipinski definition) is 2. The van der Waals surface area contributed by atoms with Gasteiger partial charge in [0.05, 0.1) is 55.4 Å². The quantitative estimate of drug-likeness (QED) is 0.435. The molecule has 2 atom stereocenters. The molecule has 0 saturated carbocycles. The molecule has 2 aliphatic heterocycles. The van der Waals surface area contributed by atoms with Gasteiger partial charge in [-0.25, -0.2) is 0 Å². The fraction of sp³-hybridized carbons (Fsp3) is 0.452. The monoisotopic (exact) mass is 611 g/mol. The highest BCUT2D eigenvalue weighted by molar-refractivity contribution is 6.31. The molecule has 0 aliphatic carbocycles. The average molecular weight is 612 g/mol. The molecule has 3 heterocycles. The van der Waals surface area contributed by atoms with Gasteiger partial charge in [-0.2, -0.15) is 5.10 Å². The van der Waals surface area contributed by atoms with Crippen LogP contribution in [0.25, 0.3) is 0 Å². The first kappa shape index (κ1) is 30.8. The minimum Gasteiger partial charge on any atom is -0.493 e. The lowest BCUT2D eigenvalue weighted by molar-refractivity contribution is -0.137. The summed E-state index contributed by atoms with van der Waals surface area (Å²) >= 11 is 6.44. The molecule has 43 heavy (non-hydrogen) atoms. The van der Waals surface area contributed by atoms with E-state index in [1.54, 1.807) is 19.1 Å². The third kappa shape index (κ3) is 7.85. The Kier molecular flexibility index (Phi) is 10.2. The second-order valence-corrected chi connectivity index (χ2v) is 11.2. The van der Waals surface area contributed by atoms with E-state index in [1.807, 2.05) is 49.4 Å². The van der Waals surface area contributed by atoms with E-state index < -0.39 is 0 Å². The number of halogens is 1. The van der Waals surface area contributed by atoms with E-state index in [9.17, 15) is 9.59 Å². The van der Waals surface area contributed by atoms with Crippen molar-refractivity contribution in [3.8, 4) is 17.2 Å². The van der Waals surface area contributed by atoms with Crippen LogP contribution in [0, 0.1) is 6.92 Å². The first-order valence-corrected chi connectivity index (χ1v) is 14.7. The van der Waals surface area contributed by atoms with Gasteiger partial charge in [-0.3, -0.25) is 19.6 Å². The zero-order valence-corrected chi connectivity index (χ0v) is 25.5. The van der Waals surface area contributed by atoms with Crippen molar-refractivity contribution in [2.24, 2.45) is 0 Å². The lowest BCUT2D eigenvalue weighted by atomic mass is 10.1. The third-order valence-electron chi connectivity index (χ3n) is 7.70. The molecule has 3 aromatic rings. The van der Waals surface area contributed by atoms with Gasteiger partial charge < -0.3 is 29.2 Å². The predicted octanol–water partition coefficient (Wildman–Crippen LogP) is 3.48. The smallest absolute Gasteiger partial charge is 0.239 e. The topological polar surface area (TPSA) is 118 Å². The van der Waals surface area contributed by atoms with Crippen molar-refractivity contribution in [3.05, 3.63) is 70.0 Å². The van der Waals surface area contributed by atoms with Crippen molar-refractivity contribution in [2.45, 2.75) is 45.1 Å². The van der Waals surface area contributed by atoms with Crippen molar-refractivity contribution >= 4 is 23.4 Å². The summed E-state index contributed by atoms with van der Waals surface area (Å²) in [4.78, 5) is 30.3. The SMILES string of the molecule is COCCN1CC(=O)N[C@H]2CN(Cc3n[nH]c(C)c3Cl)C[C@@H]2OCc2cccc(c2)Oc2cc(ccc2OC)CCC1=O. The number of H-pyrrole nitrogens is 1. The molecule has 1 saturated heterocycles. The van der Waals surface area contributed by atoms with Crippen LogP contribution in [0.2, 0.25) is 5.02 Å². The second kappa shape index (κ2) is 14.2. The summed E-state index contributed by atoms with van der Waals surface area (Å²) in [6, 6.07) is 13.0. The van der Waals surface area contributed by atoms with Gasteiger partial charge in [0, 0.05) is 39.7 Å². The van der Waals surface area contributed by atoms with E-state index in [0.29, 0.717) is 68.1 Å². The number of carbonyl (C=O) groups is 2. The number of methoxy groups -OCH3 is 2. The van der Waals surface area contributed by atoms with E-state index in [-0.39, 0.29) is 36.9 Å². The number of nitrogens with zero attached hydrogens (tertiary/aromatic N) is 3. The van der Waals surface area contributed by atoms with Gasteiger partial charge in [-0.15, -0.1) is 0 Å². The molecule has 2 amide bonds. The molecule has 1 fully saturated rings. The van der Waals surface area contributed by atoms with Gasteiger partial charge >= 0.3 is 0 Å². The van der Waals surface area contributed by atoms with E-state index in [0.717, 1.165) is 22.5 Å². The molecular formula is C31H38ClN5O6. The fourth-order valence-electron chi connectivity index (χ4n) is 5.38. The van der Waals surface area contributed by atoms with Crippen LogP contribution in [0.1, 0.15) is 28.9 Å². The summed E-state index contributed by atoms with van der Waals surface area (Å²) in [5.74, 6) is 1.40. The molecule has 0 unspecified atom stereocenters. The van der Waals surface area contributed by atoms with Crippen molar-refractivity contribution in [2.75, 3.05) is 47.0 Å². The number of aromatic nitrogens is 2. The van der Waals surface area contributed by atoms with Crippen molar-refractivity contribution in [1.29, 1.82) is 0 Å². The molecule has 230 valence electrons. The molecular weight excluding hydrogens is 574 g/mol. The summed E-state index contributed by atoms with van der Waals surface area (Å²) in [6.45, 7) is 4.38. The van der Waals surface area contributed by atoms with Gasteiger partial charge in [0.2, 0.25) is 11.8 Å². The Balaban J connectivity index is 1.41. The maximum Gasteiger partial charge on any atom is 0.239 e. The Morgan fingerprint density at radius 1 is 1.09 bits per heavy atom. The number of aryl methyl sites for hydroxylation is 2. The number of rotatable bonds is 6. The largest absolute Gasteiger partial charge is 0.493 e. The first-order chi connectivity index (χ1) is 20.8. The van der Waals surface area contributed by atoms with Crippen LogP contribution in [-0.4, -0.2) is 91.0 Å². The van der Waals surface area contributed by atoms with Crippen LogP contribution in [0.5, 0.6) is 17.2 Å². The Labute approximate surface area is 256 Å². The van der Waals surface area contributed by atoms with Crippen LogP contribution in [0.4, 0.5) is 0 Å². The number of benzene rings is 2. The first-order valence-electron chi connectivity index (χ1n) is 14.4. The summed E-state index contributed by atoms with van der Waals surface area (Å²) in [6.07, 6.45) is 0.407. The van der Waals surface area contributed by atoms with E-state index in [2.05, 4.69) is 20.4 Å². The lowest BCUT2D eigenvalue weighted by Crippen LogP contribution is -2.49. The fourth-order valence-corrected chi connectivity index (χ4v) is 5.53. The van der Waals surface area contributed by atoms with Gasteiger partial charge in [0.25, 0.3) is 0 Å². The standard InChI is InChI=1S/C31H38ClN5O6/c1-20-31(32)25(35-34-20)16-36-15-24-28(17-36)42-19-22-5-4-6-23(13-22)43-27-14-21(7-9-26(27)41-3)8-10-30(39)37(11-12-40-2)18-29(38)33-24/h4-7,9,13-14,24,28H,8,10-12,15-19H2,1-3H3,(H,33,38)(H,34,35)/t24-,28-/m0/s1. The Hall–Kier alpha value is -3.64. The number of fused-ring (bicyclic) bond motifs is 5. The number of ether oxygens (including phenoxy) is 4. The maximum absolute atomic E-state index is 13.3. The second-order valence-electron chi connectivity index (χ2n) is 10.9. The van der Waals surface area contributed by atoms with Crippen molar-refractivity contribution < 1.29 is 28.5 Å². The molecule has 5 rings (SSSR count). The number of amides is 2. The van der Waals surface area contributed by atoms with E-state index >= 15 is 0 Å². The molecule has 1 aromatic heterocycles. The molecule has 0 spiro atoms. The molecule has 2 aromatic carbocycles. The summed E-state index contributed by atoms with van der Waals surface area (Å²) in [5, 5.41) is 11.0. The Bertz CT molecular complexity index is 1430. The third-order valence-corrected chi connectivity index (χ3v) is 8.20. The number of hydrogen-bond acceptors (Lipinski definition) is 8. The summed E-state index contributed by atoms with van der Waals surface area (Å²) in [5.41, 5.74) is 3.40. The van der Waals surface area contributed by atoms with Crippen LogP contribution in [-0.2, 0) is 38.6 Å². The molecule has 0 radical (unpaired) electrons. The van der Waals surface area contributed by atoms with Crippen molar-refractivity contribution in [3.63, 3.8) is 0 Å². The van der Waals surface area contributed by atoms with Gasteiger partial charge in [0.1, 0.15) is 5.75 Å². The Morgan fingerprint density at radius 3 is 2.72 bits per heavy atom. The van der Waals surface area contributed by atoms with E-state index in [1.165, 1.54) is 0 Å². The number of aromatic amines is 1. The van der Waals surface area contributed by atoms with Gasteiger partial charge in [-0.1, -0.05) is 29.8 Å². The number of likely N-dealkylation sites (tertiary alicyclic amines) is 1. The zero-order chi connectivity index (χ0) is 30.3. The minimum absolute atomic E-state index is 0.0746. The molecule has 11 nitrogen and oxygen atoms in total. The van der Waals surface area contributed by atoms with Crippen LogP contribution >= 0.6 is 11.6 Å². The lowest BCUT2D eigenvalue weighted by Gasteiger charge is -2.25.